The highest BCUT2D eigenvalue weighted by Gasteiger charge is 2.32. The first-order chi connectivity index (χ1) is 27.8. The summed E-state index contributed by atoms with van der Waals surface area (Å²) in [6.07, 6.45) is 6.98. The van der Waals surface area contributed by atoms with E-state index in [2.05, 4.69) is 151 Å². The Labute approximate surface area is 320 Å². The first-order valence-electron chi connectivity index (χ1n) is 20.4. The fourth-order valence-corrected chi connectivity index (χ4v) is 12.0. The lowest BCUT2D eigenvalue weighted by Crippen LogP contribution is -1.93. The summed E-state index contributed by atoms with van der Waals surface area (Å²) in [5.74, 6) is 0. The molecule has 4 nitrogen and oxygen atoms in total. The van der Waals surface area contributed by atoms with Crippen LogP contribution in [0.2, 0.25) is 0 Å². The Morgan fingerprint density at radius 1 is 0.321 bits per heavy atom. The number of hydrogen-bond donors (Lipinski definition) is 0. The van der Waals surface area contributed by atoms with Crippen LogP contribution in [-0.4, -0.2) is 17.9 Å². The van der Waals surface area contributed by atoms with Crippen molar-refractivity contribution in [3.05, 3.63) is 156 Å². The Bertz CT molecular complexity index is 3600. The molecule has 0 bridgehead atoms. The molecule has 6 heterocycles. The van der Waals surface area contributed by atoms with Crippen LogP contribution in [0.15, 0.2) is 133 Å². The van der Waals surface area contributed by atoms with Gasteiger partial charge in [-0.25, -0.2) is 0 Å². The third kappa shape index (κ3) is 3.14. The predicted molar refractivity (Wildman–Crippen MR) is 233 cm³/mol. The van der Waals surface area contributed by atoms with Crippen LogP contribution in [0.5, 0.6) is 0 Å². The second-order valence-corrected chi connectivity index (χ2v) is 16.6. The quantitative estimate of drug-likeness (QED) is 0.170. The fourth-order valence-electron chi connectivity index (χ4n) is 12.0. The standard InChI is InChI=1S/C52H34N4/c1-3-13-29(14-4-1)53-41-21-9-7-17-31(41)35-25-37-33-19-11-23-43(33)55-45-28-40-46(27-39(45)47(49(35)53)51(37)55)56-44-24-12-20-34(44)38-26-36-32-18-8-10-22-42(32)54(30-15-5-2-6-16-30)50(36)48(40)52(38)56/h1-10,13-18,21-22,25-28H,11-12,19-20,23-24H2. The maximum Gasteiger partial charge on any atom is 0.0641 e. The molecule has 56 heavy (non-hydrogen) atoms. The third-order valence-corrected chi connectivity index (χ3v) is 14.0. The molecule has 0 spiro atoms. The van der Waals surface area contributed by atoms with E-state index in [0.717, 1.165) is 25.7 Å². The molecule has 13 aromatic rings. The topological polar surface area (TPSA) is 18.7 Å². The van der Waals surface area contributed by atoms with Gasteiger partial charge in [0.15, 0.2) is 0 Å². The zero-order chi connectivity index (χ0) is 36.0. The minimum atomic E-state index is 1.12. The summed E-state index contributed by atoms with van der Waals surface area (Å²) in [5, 5.41) is 13.8. The molecule has 0 N–H and O–H groups in total. The molecule has 0 fully saturated rings. The van der Waals surface area contributed by atoms with Crippen LogP contribution >= 0.6 is 0 Å². The molecule has 0 aliphatic heterocycles. The van der Waals surface area contributed by atoms with Gasteiger partial charge in [-0.15, -0.1) is 0 Å². The molecule has 15 rings (SSSR count). The van der Waals surface area contributed by atoms with E-state index in [9.17, 15) is 0 Å². The first kappa shape index (κ1) is 28.6. The van der Waals surface area contributed by atoms with Gasteiger partial charge in [-0.05, 0) is 110 Å². The van der Waals surface area contributed by atoms with E-state index in [4.69, 9.17) is 0 Å². The molecule has 0 amide bonds. The van der Waals surface area contributed by atoms with Crippen molar-refractivity contribution in [1.82, 2.24) is 17.9 Å². The van der Waals surface area contributed by atoms with E-state index in [1.807, 2.05) is 0 Å². The molecule has 0 saturated heterocycles. The van der Waals surface area contributed by atoms with Crippen molar-refractivity contribution in [2.24, 2.45) is 0 Å². The Morgan fingerprint density at radius 3 is 1.21 bits per heavy atom. The second kappa shape index (κ2) is 9.71. The van der Waals surface area contributed by atoms with Gasteiger partial charge in [0.05, 0.1) is 44.1 Å². The second-order valence-electron chi connectivity index (χ2n) is 16.6. The van der Waals surface area contributed by atoms with Crippen molar-refractivity contribution in [1.29, 1.82) is 0 Å². The molecular formula is C52H34N4. The molecule has 0 saturated carbocycles. The lowest BCUT2D eigenvalue weighted by Gasteiger charge is -2.10. The summed E-state index contributed by atoms with van der Waals surface area (Å²) >= 11 is 0. The average Bonchev–Trinajstić information content (AvgIpc) is 4.11. The SMILES string of the molecule is c1ccc(-n2c3ccccc3c3cc4c5c(n6c7cc8c9c%10c(cc%11c%12c(n(c8cc7c(c32)c46)c%119)CCC%12)c2ccccc2n%10-c2ccccc2)CCC5)cc1. The highest BCUT2D eigenvalue weighted by Crippen LogP contribution is 2.51. The van der Waals surface area contributed by atoms with Crippen molar-refractivity contribution < 1.29 is 0 Å². The molecule has 0 radical (unpaired) electrons. The maximum atomic E-state index is 2.71. The Morgan fingerprint density at radius 2 is 0.750 bits per heavy atom. The molecule has 0 atom stereocenters. The number of aryl methyl sites for hydroxylation is 4. The molecule has 4 heteroatoms. The minimum absolute atomic E-state index is 1.12. The van der Waals surface area contributed by atoms with Crippen LogP contribution < -0.4 is 0 Å². The van der Waals surface area contributed by atoms with Gasteiger partial charge in [0, 0.05) is 76.6 Å². The lowest BCUT2D eigenvalue weighted by atomic mass is 10.00. The molecular weight excluding hydrogens is 681 g/mol. The highest BCUT2D eigenvalue weighted by atomic mass is 15.0. The van der Waals surface area contributed by atoms with Crippen LogP contribution in [0.4, 0.5) is 0 Å². The van der Waals surface area contributed by atoms with E-state index in [1.165, 1.54) is 134 Å². The van der Waals surface area contributed by atoms with Gasteiger partial charge in [-0.1, -0.05) is 72.8 Å². The average molecular weight is 715 g/mol. The van der Waals surface area contributed by atoms with Crippen LogP contribution in [0.25, 0.3) is 109 Å². The van der Waals surface area contributed by atoms with Crippen molar-refractivity contribution in [2.45, 2.75) is 38.5 Å². The van der Waals surface area contributed by atoms with Crippen molar-refractivity contribution in [2.75, 3.05) is 0 Å². The summed E-state index contributed by atoms with van der Waals surface area (Å²) in [4.78, 5) is 0. The number of nitrogens with zero attached hydrogens (tertiary/aromatic N) is 4. The summed E-state index contributed by atoms with van der Waals surface area (Å²) in [6, 6.07) is 50.5. The molecule has 6 aromatic heterocycles. The van der Waals surface area contributed by atoms with E-state index in [0.29, 0.717) is 0 Å². The minimum Gasteiger partial charge on any atom is -0.312 e. The third-order valence-electron chi connectivity index (χ3n) is 14.0. The summed E-state index contributed by atoms with van der Waals surface area (Å²) in [7, 11) is 0. The molecule has 0 unspecified atom stereocenters. The normalized spacial score (nSPS) is 14.7. The van der Waals surface area contributed by atoms with Crippen LogP contribution in [0.1, 0.15) is 35.4 Å². The number of hydrogen-bond acceptors (Lipinski definition) is 0. The summed E-state index contributed by atoms with van der Waals surface area (Å²) in [6.45, 7) is 0. The number of para-hydroxylation sites is 4. The number of benzene rings is 7. The van der Waals surface area contributed by atoms with Gasteiger partial charge < -0.3 is 17.9 Å². The van der Waals surface area contributed by atoms with Gasteiger partial charge in [0.2, 0.25) is 0 Å². The zero-order valence-electron chi connectivity index (χ0n) is 30.7. The van der Waals surface area contributed by atoms with Gasteiger partial charge in [-0.2, -0.15) is 0 Å². The van der Waals surface area contributed by atoms with Crippen molar-refractivity contribution in [3.8, 4) is 11.4 Å². The Hall–Kier alpha value is -6.78. The molecule has 262 valence electrons. The summed E-state index contributed by atoms with van der Waals surface area (Å²) < 4.78 is 10.5. The fraction of sp³-hybridized carbons (Fsp3) is 0.115. The Kier molecular flexibility index (Phi) is 4.97. The van der Waals surface area contributed by atoms with Crippen LogP contribution in [-0.2, 0) is 25.7 Å². The lowest BCUT2D eigenvalue weighted by molar-refractivity contribution is 0.890. The predicted octanol–water partition coefficient (Wildman–Crippen LogP) is 12.9. The van der Waals surface area contributed by atoms with E-state index >= 15 is 0 Å². The number of fused-ring (bicyclic) bond motifs is 20. The Balaban J connectivity index is 1.22. The number of rotatable bonds is 2. The van der Waals surface area contributed by atoms with Gasteiger partial charge in [-0.3, -0.25) is 0 Å². The molecule has 2 aliphatic carbocycles. The largest absolute Gasteiger partial charge is 0.312 e. The smallest absolute Gasteiger partial charge is 0.0641 e. The summed E-state index contributed by atoms with van der Waals surface area (Å²) in [5.41, 5.74) is 19.3. The van der Waals surface area contributed by atoms with E-state index in [-0.39, 0.29) is 0 Å². The van der Waals surface area contributed by atoms with E-state index in [1.54, 1.807) is 11.1 Å². The van der Waals surface area contributed by atoms with Crippen LogP contribution in [0.3, 0.4) is 0 Å². The number of aromatic nitrogens is 4. The molecule has 7 aromatic carbocycles. The van der Waals surface area contributed by atoms with Gasteiger partial charge >= 0.3 is 0 Å². The van der Waals surface area contributed by atoms with Gasteiger partial charge in [0.1, 0.15) is 0 Å². The van der Waals surface area contributed by atoms with Crippen molar-refractivity contribution >= 4 is 98.0 Å². The van der Waals surface area contributed by atoms with Gasteiger partial charge in [0.25, 0.3) is 0 Å². The van der Waals surface area contributed by atoms with Crippen molar-refractivity contribution in [3.63, 3.8) is 0 Å². The van der Waals surface area contributed by atoms with Crippen LogP contribution in [0, 0.1) is 0 Å². The zero-order valence-corrected chi connectivity index (χ0v) is 30.7. The highest BCUT2D eigenvalue weighted by molar-refractivity contribution is 6.35. The molecule has 2 aliphatic rings. The first-order valence-corrected chi connectivity index (χ1v) is 20.4. The maximum absolute atomic E-state index is 2.71. The monoisotopic (exact) mass is 714 g/mol. The van der Waals surface area contributed by atoms with E-state index < -0.39 is 0 Å².